The summed E-state index contributed by atoms with van der Waals surface area (Å²) in [5, 5.41) is 15.7. The van der Waals surface area contributed by atoms with Gasteiger partial charge in [0.05, 0.1) is 17.7 Å². The molecule has 0 aromatic heterocycles. The van der Waals surface area contributed by atoms with Gasteiger partial charge in [-0.05, 0) is 37.6 Å². The van der Waals surface area contributed by atoms with Gasteiger partial charge in [-0.15, -0.1) is 24.0 Å². The molecule has 1 unspecified atom stereocenters. The molecular formula is C21H25IN4O. The van der Waals surface area contributed by atoms with E-state index in [4.69, 9.17) is 10.00 Å². The molecule has 0 radical (unpaired) electrons. The zero-order valence-electron chi connectivity index (χ0n) is 15.8. The summed E-state index contributed by atoms with van der Waals surface area (Å²) in [5.74, 6) is 1.66. The van der Waals surface area contributed by atoms with Crippen molar-refractivity contribution in [1.82, 2.24) is 10.6 Å². The van der Waals surface area contributed by atoms with E-state index < -0.39 is 0 Å². The number of halogens is 1. The number of nitriles is 1. The molecule has 27 heavy (non-hydrogen) atoms. The zero-order valence-corrected chi connectivity index (χ0v) is 18.2. The summed E-state index contributed by atoms with van der Waals surface area (Å²) in [6.07, 6.45) is 0.849. The van der Waals surface area contributed by atoms with Crippen LogP contribution in [0.15, 0.2) is 53.5 Å². The number of fused-ring (bicyclic) bond motifs is 1. The Hall–Kier alpha value is -2.27. The first kappa shape index (κ1) is 21.0. The molecule has 2 aromatic rings. The third-order valence-electron chi connectivity index (χ3n) is 4.45. The summed E-state index contributed by atoms with van der Waals surface area (Å²) >= 11 is 0. The minimum Gasteiger partial charge on any atom is -0.487 e. The van der Waals surface area contributed by atoms with E-state index in [0.717, 1.165) is 29.3 Å². The van der Waals surface area contributed by atoms with Crippen molar-refractivity contribution in [2.45, 2.75) is 38.5 Å². The molecule has 5 nitrogen and oxygen atoms in total. The van der Waals surface area contributed by atoms with Gasteiger partial charge in [-0.25, -0.2) is 0 Å². The van der Waals surface area contributed by atoms with Gasteiger partial charge in [0.25, 0.3) is 0 Å². The Bertz CT molecular complexity index is 840. The van der Waals surface area contributed by atoms with Crippen LogP contribution < -0.4 is 15.4 Å². The van der Waals surface area contributed by atoms with Gasteiger partial charge in [0.15, 0.2) is 5.96 Å². The van der Waals surface area contributed by atoms with E-state index in [9.17, 15) is 0 Å². The summed E-state index contributed by atoms with van der Waals surface area (Å²) in [4.78, 5) is 4.35. The summed E-state index contributed by atoms with van der Waals surface area (Å²) in [5.41, 5.74) is 2.67. The van der Waals surface area contributed by atoms with E-state index in [1.807, 2.05) is 42.5 Å². The summed E-state index contributed by atoms with van der Waals surface area (Å²) < 4.78 is 6.09. The highest BCUT2D eigenvalue weighted by Gasteiger charge is 2.33. The second-order valence-electron chi connectivity index (χ2n) is 7.04. The Balaban J connectivity index is 0.00000261. The normalized spacial score (nSPS) is 17.6. The monoisotopic (exact) mass is 476 g/mol. The average Bonchev–Trinajstić information content (AvgIpc) is 2.64. The van der Waals surface area contributed by atoms with Crippen LogP contribution in [0.4, 0.5) is 0 Å². The highest BCUT2D eigenvalue weighted by molar-refractivity contribution is 14.0. The van der Waals surface area contributed by atoms with Gasteiger partial charge in [0.1, 0.15) is 11.4 Å². The van der Waals surface area contributed by atoms with Gasteiger partial charge in [-0.2, -0.15) is 5.26 Å². The van der Waals surface area contributed by atoms with Crippen molar-refractivity contribution in [2.24, 2.45) is 4.99 Å². The molecule has 1 aliphatic rings. The lowest BCUT2D eigenvalue weighted by atomic mass is 9.90. The van der Waals surface area contributed by atoms with Gasteiger partial charge in [0.2, 0.25) is 0 Å². The Morgan fingerprint density at radius 3 is 2.59 bits per heavy atom. The van der Waals surface area contributed by atoms with Gasteiger partial charge < -0.3 is 15.4 Å². The molecule has 2 aromatic carbocycles. The lowest BCUT2D eigenvalue weighted by Crippen LogP contribution is -2.45. The molecular weight excluding hydrogens is 451 g/mol. The van der Waals surface area contributed by atoms with Crippen LogP contribution in [0.25, 0.3) is 0 Å². The Morgan fingerprint density at radius 1 is 1.22 bits per heavy atom. The van der Waals surface area contributed by atoms with Crippen LogP contribution in [-0.4, -0.2) is 18.6 Å². The number of nitrogens with zero attached hydrogens (tertiary/aromatic N) is 2. The van der Waals surface area contributed by atoms with Crippen molar-refractivity contribution in [3.8, 4) is 11.8 Å². The molecule has 1 aliphatic heterocycles. The van der Waals surface area contributed by atoms with Crippen molar-refractivity contribution in [1.29, 1.82) is 5.26 Å². The molecule has 0 saturated carbocycles. The predicted octanol–water partition coefficient (Wildman–Crippen LogP) is 4.14. The van der Waals surface area contributed by atoms with E-state index in [1.54, 1.807) is 7.05 Å². The van der Waals surface area contributed by atoms with Gasteiger partial charge in [-0.3, -0.25) is 4.99 Å². The molecule has 0 fully saturated rings. The van der Waals surface area contributed by atoms with E-state index in [-0.39, 0.29) is 35.6 Å². The predicted molar refractivity (Wildman–Crippen MR) is 118 cm³/mol. The van der Waals surface area contributed by atoms with E-state index >= 15 is 0 Å². The van der Waals surface area contributed by atoms with Crippen LogP contribution in [0.3, 0.4) is 0 Å². The molecule has 0 bridgehead atoms. The molecule has 0 saturated heterocycles. The van der Waals surface area contributed by atoms with Crippen LogP contribution >= 0.6 is 24.0 Å². The Labute approximate surface area is 177 Å². The molecule has 2 N–H and O–H groups in total. The van der Waals surface area contributed by atoms with Crippen molar-refractivity contribution in [2.75, 3.05) is 7.05 Å². The minimum atomic E-state index is -0.238. The van der Waals surface area contributed by atoms with Gasteiger partial charge >= 0.3 is 0 Å². The lowest BCUT2D eigenvalue weighted by molar-refractivity contribution is 0.0694. The standard InChI is InChI=1S/C21H24N4O.HI/c1-21(2)12-18(17-6-4-5-7-19(17)26-21)25-20(23-3)24-14-16-10-8-15(13-22)9-11-16;/h4-11,18H,12,14H2,1-3H3,(H2,23,24,25);1H. The third-order valence-corrected chi connectivity index (χ3v) is 4.45. The Kier molecular flexibility index (Phi) is 7.08. The van der Waals surface area contributed by atoms with Crippen molar-refractivity contribution in [3.05, 3.63) is 65.2 Å². The van der Waals surface area contributed by atoms with Crippen molar-refractivity contribution < 1.29 is 4.74 Å². The fourth-order valence-corrected chi connectivity index (χ4v) is 3.17. The first-order valence-corrected chi connectivity index (χ1v) is 8.75. The number of hydrogen-bond acceptors (Lipinski definition) is 3. The van der Waals surface area contributed by atoms with Crippen LogP contribution in [0.1, 0.15) is 43.0 Å². The lowest BCUT2D eigenvalue weighted by Gasteiger charge is -2.38. The minimum absolute atomic E-state index is 0. The maximum atomic E-state index is 8.88. The molecule has 1 atom stereocenters. The molecule has 142 valence electrons. The number of guanidine groups is 1. The highest BCUT2D eigenvalue weighted by atomic mass is 127. The third kappa shape index (κ3) is 5.36. The summed E-state index contributed by atoms with van der Waals surface area (Å²) in [7, 11) is 1.77. The largest absolute Gasteiger partial charge is 0.487 e. The number of ether oxygens (including phenoxy) is 1. The number of benzene rings is 2. The SMILES string of the molecule is CN=C(NCc1ccc(C#N)cc1)NC1CC(C)(C)Oc2ccccc21.I. The van der Waals surface area contributed by atoms with Gasteiger partial charge in [0, 0.05) is 25.6 Å². The van der Waals surface area contributed by atoms with Crippen LogP contribution in [0, 0.1) is 11.3 Å². The molecule has 0 amide bonds. The molecule has 0 aliphatic carbocycles. The van der Waals surface area contributed by atoms with Gasteiger partial charge in [-0.1, -0.05) is 30.3 Å². The molecule has 6 heteroatoms. The number of rotatable bonds is 3. The molecule has 3 rings (SSSR count). The van der Waals surface area contributed by atoms with Crippen LogP contribution in [0.5, 0.6) is 5.75 Å². The van der Waals surface area contributed by atoms with Crippen molar-refractivity contribution >= 4 is 29.9 Å². The van der Waals surface area contributed by atoms with E-state index in [1.165, 1.54) is 0 Å². The summed E-state index contributed by atoms with van der Waals surface area (Å²) in [6.45, 7) is 4.84. The zero-order chi connectivity index (χ0) is 18.6. The number of para-hydroxylation sites is 1. The smallest absolute Gasteiger partial charge is 0.191 e. The summed E-state index contributed by atoms with van der Waals surface area (Å²) in [6, 6.07) is 17.9. The molecule has 1 heterocycles. The quantitative estimate of drug-likeness (QED) is 0.397. The fourth-order valence-electron chi connectivity index (χ4n) is 3.17. The molecule has 0 spiro atoms. The van der Waals surface area contributed by atoms with Crippen molar-refractivity contribution in [3.63, 3.8) is 0 Å². The second-order valence-corrected chi connectivity index (χ2v) is 7.04. The van der Waals surface area contributed by atoms with Crippen LogP contribution in [-0.2, 0) is 6.54 Å². The first-order valence-electron chi connectivity index (χ1n) is 8.75. The Morgan fingerprint density at radius 2 is 1.93 bits per heavy atom. The fraction of sp³-hybridized carbons (Fsp3) is 0.333. The average molecular weight is 476 g/mol. The second kappa shape index (κ2) is 9.09. The van der Waals surface area contributed by atoms with E-state index in [0.29, 0.717) is 12.1 Å². The number of hydrogen-bond donors (Lipinski definition) is 2. The van der Waals surface area contributed by atoms with Crippen LogP contribution in [0.2, 0.25) is 0 Å². The number of aliphatic imine (C=N–C) groups is 1. The maximum Gasteiger partial charge on any atom is 0.191 e. The van der Waals surface area contributed by atoms with E-state index in [2.05, 4.69) is 41.6 Å². The first-order chi connectivity index (χ1) is 12.5. The maximum absolute atomic E-state index is 8.88. The topological polar surface area (TPSA) is 69.4 Å². The highest BCUT2D eigenvalue weighted by Crippen LogP contribution is 2.39. The number of nitrogens with one attached hydrogen (secondary N) is 2.